The van der Waals surface area contributed by atoms with Crippen LogP contribution in [0.4, 0.5) is 4.39 Å². The second-order valence-corrected chi connectivity index (χ2v) is 4.92. The Hall–Kier alpha value is -1.87. The standard InChI is InChI=1S/C16H18FNO/c1-11-8-12(10-13(17)9-11)16(2,18)14-6-4-5-7-15(14)19-3/h4-10H,18H2,1-3H3. The SMILES string of the molecule is COc1ccccc1C(C)(N)c1cc(C)cc(F)c1. The molecule has 0 aliphatic carbocycles. The summed E-state index contributed by atoms with van der Waals surface area (Å²) in [6.45, 7) is 3.71. The van der Waals surface area contributed by atoms with Crippen LogP contribution >= 0.6 is 0 Å². The molecule has 19 heavy (non-hydrogen) atoms. The zero-order valence-corrected chi connectivity index (χ0v) is 11.4. The Morgan fingerprint density at radius 1 is 1.16 bits per heavy atom. The van der Waals surface area contributed by atoms with E-state index in [0.29, 0.717) is 5.75 Å². The molecule has 0 aliphatic rings. The first-order chi connectivity index (χ1) is 8.95. The lowest BCUT2D eigenvalue weighted by Crippen LogP contribution is -2.35. The number of aryl methyl sites for hydroxylation is 1. The van der Waals surface area contributed by atoms with Crippen molar-refractivity contribution in [3.05, 3.63) is 65.0 Å². The molecule has 1 atom stereocenters. The summed E-state index contributed by atoms with van der Waals surface area (Å²) in [6.07, 6.45) is 0. The highest BCUT2D eigenvalue weighted by atomic mass is 19.1. The van der Waals surface area contributed by atoms with Crippen LogP contribution in [0.5, 0.6) is 5.75 Å². The third-order valence-electron chi connectivity index (χ3n) is 3.31. The van der Waals surface area contributed by atoms with Gasteiger partial charge in [-0.3, -0.25) is 0 Å². The van der Waals surface area contributed by atoms with E-state index in [9.17, 15) is 4.39 Å². The highest BCUT2D eigenvalue weighted by Gasteiger charge is 2.27. The predicted molar refractivity (Wildman–Crippen MR) is 74.8 cm³/mol. The Balaban J connectivity index is 2.57. The fraction of sp³-hybridized carbons (Fsp3) is 0.250. The van der Waals surface area contributed by atoms with Crippen LogP contribution in [0.3, 0.4) is 0 Å². The number of ether oxygens (including phenoxy) is 1. The van der Waals surface area contributed by atoms with Crippen molar-refractivity contribution in [3.63, 3.8) is 0 Å². The molecule has 0 saturated heterocycles. The summed E-state index contributed by atoms with van der Waals surface area (Å²) in [4.78, 5) is 0. The molecular formula is C16H18FNO. The van der Waals surface area contributed by atoms with Gasteiger partial charge in [-0.25, -0.2) is 4.39 Å². The largest absolute Gasteiger partial charge is 0.496 e. The second kappa shape index (κ2) is 5.02. The van der Waals surface area contributed by atoms with E-state index in [4.69, 9.17) is 10.5 Å². The third kappa shape index (κ3) is 2.61. The number of para-hydroxylation sites is 1. The Bertz CT molecular complexity index is 573. The molecule has 0 spiro atoms. The normalized spacial score (nSPS) is 13.9. The molecule has 0 amide bonds. The monoisotopic (exact) mass is 259 g/mol. The van der Waals surface area contributed by atoms with E-state index in [1.54, 1.807) is 7.11 Å². The van der Waals surface area contributed by atoms with Crippen molar-refractivity contribution in [2.75, 3.05) is 7.11 Å². The molecule has 2 N–H and O–H groups in total. The summed E-state index contributed by atoms with van der Waals surface area (Å²) in [6, 6.07) is 12.4. The van der Waals surface area contributed by atoms with Crippen LogP contribution in [0.25, 0.3) is 0 Å². The van der Waals surface area contributed by atoms with Crippen LogP contribution in [0.15, 0.2) is 42.5 Å². The van der Waals surface area contributed by atoms with Crippen molar-refractivity contribution in [3.8, 4) is 5.75 Å². The van der Waals surface area contributed by atoms with Crippen molar-refractivity contribution < 1.29 is 9.13 Å². The molecule has 0 bridgehead atoms. The summed E-state index contributed by atoms with van der Waals surface area (Å²) in [5.41, 5.74) is 8.04. The highest BCUT2D eigenvalue weighted by molar-refractivity contribution is 5.46. The Labute approximate surface area is 113 Å². The van der Waals surface area contributed by atoms with Gasteiger partial charge >= 0.3 is 0 Å². The van der Waals surface area contributed by atoms with E-state index < -0.39 is 5.54 Å². The lowest BCUT2D eigenvalue weighted by molar-refractivity contribution is 0.398. The Kier molecular flexibility index (Phi) is 3.58. The maximum Gasteiger partial charge on any atom is 0.124 e. The number of hydrogen-bond acceptors (Lipinski definition) is 2. The second-order valence-electron chi connectivity index (χ2n) is 4.92. The van der Waals surface area contributed by atoms with Gasteiger partial charge in [-0.05, 0) is 43.2 Å². The lowest BCUT2D eigenvalue weighted by atomic mass is 9.84. The minimum absolute atomic E-state index is 0.276. The predicted octanol–water partition coefficient (Wildman–Crippen LogP) is 3.36. The average Bonchev–Trinajstić information content (AvgIpc) is 2.37. The van der Waals surface area contributed by atoms with Crippen LogP contribution in [-0.4, -0.2) is 7.11 Å². The van der Waals surface area contributed by atoms with Gasteiger partial charge in [-0.1, -0.05) is 24.3 Å². The molecule has 0 saturated carbocycles. The molecule has 0 aliphatic heterocycles. The molecule has 2 aromatic carbocycles. The van der Waals surface area contributed by atoms with Gasteiger partial charge in [0.05, 0.1) is 12.6 Å². The molecule has 0 aromatic heterocycles. The number of hydrogen-bond donors (Lipinski definition) is 1. The van der Waals surface area contributed by atoms with E-state index in [2.05, 4.69) is 0 Å². The molecule has 1 unspecified atom stereocenters. The fourth-order valence-corrected chi connectivity index (χ4v) is 2.27. The summed E-state index contributed by atoms with van der Waals surface area (Å²) in [5, 5.41) is 0. The van der Waals surface area contributed by atoms with Gasteiger partial charge in [0.25, 0.3) is 0 Å². The van der Waals surface area contributed by atoms with Gasteiger partial charge in [0.1, 0.15) is 11.6 Å². The molecule has 2 nitrogen and oxygen atoms in total. The van der Waals surface area contributed by atoms with Gasteiger partial charge < -0.3 is 10.5 Å². The fourth-order valence-electron chi connectivity index (χ4n) is 2.27. The first kappa shape index (κ1) is 13.6. The van der Waals surface area contributed by atoms with E-state index >= 15 is 0 Å². The average molecular weight is 259 g/mol. The van der Waals surface area contributed by atoms with Crippen LogP contribution in [0.2, 0.25) is 0 Å². The molecule has 0 radical (unpaired) electrons. The van der Waals surface area contributed by atoms with Gasteiger partial charge in [0, 0.05) is 5.56 Å². The maximum absolute atomic E-state index is 13.6. The van der Waals surface area contributed by atoms with E-state index in [-0.39, 0.29) is 5.82 Å². The molecule has 2 rings (SSSR count). The Morgan fingerprint density at radius 3 is 2.47 bits per heavy atom. The molecule has 2 aromatic rings. The molecular weight excluding hydrogens is 241 g/mol. The smallest absolute Gasteiger partial charge is 0.124 e. The summed E-state index contributed by atoms with van der Waals surface area (Å²) < 4.78 is 18.9. The molecule has 100 valence electrons. The Morgan fingerprint density at radius 2 is 1.84 bits per heavy atom. The number of rotatable bonds is 3. The molecule has 3 heteroatoms. The minimum atomic E-state index is -0.806. The van der Waals surface area contributed by atoms with Crippen LogP contribution in [0.1, 0.15) is 23.6 Å². The van der Waals surface area contributed by atoms with E-state index in [1.807, 2.05) is 44.2 Å². The van der Waals surface area contributed by atoms with Crippen molar-refractivity contribution in [2.24, 2.45) is 5.73 Å². The van der Waals surface area contributed by atoms with Crippen molar-refractivity contribution in [2.45, 2.75) is 19.4 Å². The number of benzene rings is 2. The van der Waals surface area contributed by atoms with Crippen molar-refractivity contribution in [1.82, 2.24) is 0 Å². The third-order valence-corrected chi connectivity index (χ3v) is 3.31. The zero-order valence-electron chi connectivity index (χ0n) is 11.4. The molecule has 0 heterocycles. The summed E-state index contributed by atoms with van der Waals surface area (Å²) >= 11 is 0. The van der Waals surface area contributed by atoms with Gasteiger partial charge in [-0.15, -0.1) is 0 Å². The zero-order chi connectivity index (χ0) is 14.0. The van der Waals surface area contributed by atoms with E-state index in [1.165, 1.54) is 12.1 Å². The van der Waals surface area contributed by atoms with Crippen LogP contribution in [-0.2, 0) is 5.54 Å². The van der Waals surface area contributed by atoms with Crippen LogP contribution in [0, 0.1) is 12.7 Å². The number of methoxy groups -OCH3 is 1. The summed E-state index contributed by atoms with van der Waals surface area (Å²) in [5.74, 6) is 0.427. The van der Waals surface area contributed by atoms with Gasteiger partial charge in [0.2, 0.25) is 0 Å². The highest BCUT2D eigenvalue weighted by Crippen LogP contribution is 2.33. The first-order valence-corrected chi connectivity index (χ1v) is 6.15. The van der Waals surface area contributed by atoms with Gasteiger partial charge in [-0.2, -0.15) is 0 Å². The number of nitrogens with two attached hydrogens (primary N) is 1. The minimum Gasteiger partial charge on any atom is -0.496 e. The maximum atomic E-state index is 13.6. The first-order valence-electron chi connectivity index (χ1n) is 6.15. The number of halogens is 1. The van der Waals surface area contributed by atoms with Crippen molar-refractivity contribution >= 4 is 0 Å². The lowest BCUT2D eigenvalue weighted by Gasteiger charge is -2.28. The molecule has 0 fully saturated rings. The van der Waals surface area contributed by atoms with E-state index in [0.717, 1.165) is 16.7 Å². The quantitative estimate of drug-likeness (QED) is 0.917. The summed E-state index contributed by atoms with van der Waals surface area (Å²) in [7, 11) is 1.60. The van der Waals surface area contributed by atoms with Gasteiger partial charge in [0.15, 0.2) is 0 Å². The van der Waals surface area contributed by atoms with Crippen LogP contribution < -0.4 is 10.5 Å². The van der Waals surface area contributed by atoms with Crippen molar-refractivity contribution in [1.29, 1.82) is 0 Å². The topological polar surface area (TPSA) is 35.2 Å².